The highest BCUT2D eigenvalue weighted by atomic mass is 16.5. The van der Waals surface area contributed by atoms with Gasteiger partial charge in [-0.15, -0.1) is 0 Å². The molecule has 0 spiro atoms. The lowest BCUT2D eigenvalue weighted by Gasteiger charge is -2.26. The second kappa shape index (κ2) is 7.09. The Balaban J connectivity index is 4.09. The molecule has 0 aromatic rings. The zero-order valence-electron chi connectivity index (χ0n) is 9.78. The van der Waals surface area contributed by atoms with Crippen molar-refractivity contribution in [1.82, 2.24) is 4.90 Å². The third kappa shape index (κ3) is 4.67. The first-order valence-electron chi connectivity index (χ1n) is 4.98. The molecule has 0 aromatic heterocycles. The summed E-state index contributed by atoms with van der Waals surface area (Å²) < 4.78 is 9.16. The molecular formula is C10H19NO4. The minimum Gasteiger partial charge on any atom is -0.469 e. The summed E-state index contributed by atoms with van der Waals surface area (Å²) in [6.07, 6.45) is 0.524. The molecule has 1 unspecified atom stereocenters. The van der Waals surface area contributed by atoms with Crippen molar-refractivity contribution in [3.05, 3.63) is 0 Å². The van der Waals surface area contributed by atoms with Gasteiger partial charge in [0, 0.05) is 19.0 Å². The number of methoxy groups -OCH3 is 2. The standard InChI is InChI=1S/C10H19NO4/c1-5-11(10(13)15-4)8(2)6-7-9(12)14-3/h8H,5-7H2,1-4H3. The van der Waals surface area contributed by atoms with Gasteiger partial charge in [-0.05, 0) is 20.3 Å². The van der Waals surface area contributed by atoms with E-state index in [1.165, 1.54) is 14.2 Å². The Labute approximate surface area is 90.3 Å². The van der Waals surface area contributed by atoms with E-state index >= 15 is 0 Å². The van der Waals surface area contributed by atoms with Gasteiger partial charge in [0.2, 0.25) is 0 Å². The lowest BCUT2D eigenvalue weighted by Crippen LogP contribution is -2.38. The Hall–Kier alpha value is -1.26. The third-order valence-corrected chi connectivity index (χ3v) is 2.28. The molecule has 0 rings (SSSR count). The average Bonchev–Trinajstić information content (AvgIpc) is 2.26. The van der Waals surface area contributed by atoms with Crippen LogP contribution in [0.3, 0.4) is 0 Å². The fourth-order valence-electron chi connectivity index (χ4n) is 1.32. The van der Waals surface area contributed by atoms with Crippen LogP contribution in [-0.2, 0) is 14.3 Å². The number of nitrogens with zero attached hydrogens (tertiary/aromatic N) is 1. The maximum Gasteiger partial charge on any atom is 0.409 e. The minimum absolute atomic E-state index is 0.0263. The Kier molecular flexibility index (Phi) is 6.49. The highest BCUT2D eigenvalue weighted by molar-refractivity contribution is 5.70. The fraction of sp³-hybridized carbons (Fsp3) is 0.800. The summed E-state index contributed by atoms with van der Waals surface area (Å²) in [5.74, 6) is -0.261. The van der Waals surface area contributed by atoms with Crippen molar-refractivity contribution in [1.29, 1.82) is 0 Å². The van der Waals surface area contributed by atoms with Gasteiger partial charge in [-0.3, -0.25) is 4.79 Å². The van der Waals surface area contributed by atoms with Gasteiger partial charge >= 0.3 is 12.1 Å². The van der Waals surface area contributed by atoms with E-state index in [9.17, 15) is 9.59 Å². The molecule has 0 aliphatic heterocycles. The number of amides is 1. The second-order valence-electron chi connectivity index (χ2n) is 3.22. The normalized spacial score (nSPS) is 11.7. The molecule has 0 radical (unpaired) electrons. The predicted molar refractivity (Wildman–Crippen MR) is 55.5 cm³/mol. The average molecular weight is 217 g/mol. The molecule has 0 saturated heterocycles. The first-order valence-corrected chi connectivity index (χ1v) is 4.98. The number of carbonyl (C=O) groups excluding carboxylic acids is 2. The van der Waals surface area contributed by atoms with E-state index in [0.29, 0.717) is 19.4 Å². The lowest BCUT2D eigenvalue weighted by molar-refractivity contribution is -0.141. The van der Waals surface area contributed by atoms with Crippen LogP contribution in [0.5, 0.6) is 0 Å². The topological polar surface area (TPSA) is 55.8 Å². The number of ether oxygens (including phenoxy) is 2. The molecule has 0 N–H and O–H groups in total. The van der Waals surface area contributed by atoms with Gasteiger partial charge in [0.15, 0.2) is 0 Å². The zero-order chi connectivity index (χ0) is 11.8. The smallest absolute Gasteiger partial charge is 0.409 e. The third-order valence-electron chi connectivity index (χ3n) is 2.28. The maximum atomic E-state index is 11.3. The molecule has 0 aromatic carbocycles. The van der Waals surface area contributed by atoms with Crippen molar-refractivity contribution in [2.75, 3.05) is 20.8 Å². The minimum atomic E-state index is -0.366. The Morgan fingerprint density at radius 1 is 1.27 bits per heavy atom. The van der Waals surface area contributed by atoms with Crippen LogP contribution >= 0.6 is 0 Å². The van der Waals surface area contributed by atoms with Crippen LogP contribution in [0.1, 0.15) is 26.7 Å². The largest absolute Gasteiger partial charge is 0.469 e. The molecule has 0 aliphatic rings. The second-order valence-corrected chi connectivity index (χ2v) is 3.22. The van der Waals surface area contributed by atoms with Crippen LogP contribution in [0, 0.1) is 0 Å². The highest BCUT2D eigenvalue weighted by Gasteiger charge is 2.19. The van der Waals surface area contributed by atoms with E-state index in [4.69, 9.17) is 0 Å². The van der Waals surface area contributed by atoms with Gasteiger partial charge in [-0.2, -0.15) is 0 Å². The van der Waals surface area contributed by atoms with E-state index in [1.54, 1.807) is 4.90 Å². The van der Waals surface area contributed by atoms with Crippen molar-refractivity contribution in [3.63, 3.8) is 0 Å². The first-order chi connectivity index (χ1) is 7.06. The van der Waals surface area contributed by atoms with Gasteiger partial charge in [0.05, 0.1) is 14.2 Å². The van der Waals surface area contributed by atoms with Gasteiger partial charge in [-0.25, -0.2) is 4.79 Å². The number of carbonyl (C=O) groups is 2. The molecule has 0 aliphatic carbocycles. The summed E-state index contributed by atoms with van der Waals surface area (Å²) in [5.41, 5.74) is 0. The molecule has 1 atom stereocenters. The number of rotatable bonds is 5. The molecule has 5 heteroatoms. The van der Waals surface area contributed by atoms with Crippen LogP contribution in [0.25, 0.3) is 0 Å². The molecule has 0 bridgehead atoms. The molecular weight excluding hydrogens is 198 g/mol. The predicted octanol–water partition coefficient (Wildman–Crippen LogP) is 1.42. The van der Waals surface area contributed by atoms with Gasteiger partial charge < -0.3 is 14.4 Å². The summed E-state index contributed by atoms with van der Waals surface area (Å²) >= 11 is 0. The SMILES string of the molecule is CCN(C(=O)OC)C(C)CCC(=O)OC. The fourth-order valence-corrected chi connectivity index (χ4v) is 1.32. The molecule has 5 nitrogen and oxygen atoms in total. The van der Waals surface area contributed by atoms with Crippen LogP contribution in [0.15, 0.2) is 0 Å². The molecule has 0 heterocycles. The number of esters is 1. The van der Waals surface area contributed by atoms with Crippen LogP contribution in [0.4, 0.5) is 4.79 Å². The molecule has 1 amide bonds. The Bertz CT molecular complexity index is 217. The van der Waals surface area contributed by atoms with Crippen molar-refractivity contribution >= 4 is 12.1 Å². The van der Waals surface area contributed by atoms with Crippen molar-refractivity contribution in [3.8, 4) is 0 Å². The monoisotopic (exact) mass is 217 g/mol. The van der Waals surface area contributed by atoms with Crippen LogP contribution in [0.2, 0.25) is 0 Å². The Morgan fingerprint density at radius 2 is 1.87 bits per heavy atom. The maximum absolute atomic E-state index is 11.3. The van der Waals surface area contributed by atoms with Crippen LogP contribution < -0.4 is 0 Å². The summed E-state index contributed by atoms with van der Waals surface area (Å²) in [5, 5.41) is 0. The van der Waals surface area contributed by atoms with Crippen molar-refractivity contribution in [2.24, 2.45) is 0 Å². The van der Waals surface area contributed by atoms with E-state index in [1.807, 2.05) is 13.8 Å². The van der Waals surface area contributed by atoms with E-state index < -0.39 is 0 Å². The first kappa shape index (κ1) is 13.7. The van der Waals surface area contributed by atoms with Gasteiger partial charge in [0.25, 0.3) is 0 Å². The van der Waals surface area contributed by atoms with E-state index in [-0.39, 0.29) is 18.1 Å². The summed E-state index contributed by atoms with van der Waals surface area (Å²) in [6, 6.07) is -0.0263. The van der Waals surface area contributed by atoms with Gasteiger partial charge in [-0.1, -0.05) is 0 Å². The number of hydrogen-bond acceptors (Lipinski definition) is 4. The molecule has 0 fully saturated rings. The van der Waals surface area contributed by atoms with Gasteiger partial charge in [0.1, 0.15) is 0 Å². The quantitative estimate of drug-likeness (QED) is 0.653. The Morgan fingerprint density at radius 3 is 2.27 bits per heavy atom. The lowest BCUT2D eigenvalue weighted by atomic mass is 10.1. The van der Waals surface area contributed by atoms with E-state index in [2.05, 4.69) is 9.47 Å². The summed E-state index contributed by atoms with van der Waals surface area (Å²) in [7, 11) is 2.70. The highest BCUT2D eigenvalue weighted by Crippen LogP contribution is 2.08. The summed E-state index contributed by atoms with van der Waals surface area (Å²) in [4.78, 5) is 23.8. The van der Waals surface area contributed by atoms with Crippen molar-refractivity contribution < 1.29 is 19.1 Å². The number of hydrogen-bond donors (Lipinski definition) is 0. The van der Waals surface area contributed by atoms with Crippen LogP contribution in [-0.4, -0.2) is 43.8 Å². The zero-order valence-corrected chi connectivity index (χ0v) is 9.78. The van der Waals surface area contributed by atoms with Crippen molar-refractivity contribution in [2.45, 2.75) is 32.7 Å². The summed E-state index contributed by atoms with van der Waals surface area (Å²) in [6.45, 7) is 4.31. The van der Waals surface area contributed by atoms with E-state index in [0.717, 1.165) is 0 Å². The molecule has 0 saturated carbocycles. The molecule has 88 valence electrons. The molecule has 15 heavy (non-hydrogen) atoms.